The molecule has 4 rings (SSSR count). The molecule has 30 heavy (non-hydrogen) atoms. The zero-order valence-electron chi connectivity index (χ0n) is 16.3. The maximum absolute atomic E-state index is 13.3. The first-order valence-electron chi connectivity index (χ1n) is 9.03. The summed E-state index contributed by atoms with van der Waals surface area (Å²) in [6, 6.07) is 11.1. The molecule has 0 aliphatic heterocycles. The number of sulfonamides is 1. The van der Waals surface area contributed by atoms with Gasteiger partial charge in [0.2, 0.25) is 0 Å². The third-order valence-electron chi connectivity index (χ3n) is 4.64. The predicted octanol–water partition coefficient (Wildman–Crippen LogP) is 3.50. The second-order valence-electron chi connectivity index (χ2n) is 6.66. The zero-order valence-corrected chi connectivity index (χ0v) is 17.1. The van der Waals surface area contributed by atoms with Gasteiger partial charge in [-0.05, 0) is 48.9 Å². The first-order valence-corrected chi connectivity index (χ1v) is 10.5. The number of aromatic nitrogens is 3. The largest absolute Gasteiger partial charge is 0.298 e. The number of nitrogens with zero attached hydrogens (tertiary/aromatic N) is 5. The van der Waals surface area contributed by atoms with Gasteiger partial charge < -0.3 is 0 Å². The highest BCUT2D eigenvalue weighted by molar-refractivity contribution is 7.89. The highest BCUT2D eigenvalue weighted by Crippen LogP contribution is 2.21. The molecule has 3 aromatic heterocycles. The van der Waals surface area contributed by atoms with Crippen molar-refractivity contribution in [2.75, 3.05) is 7.05 Å². The lowest BCUT2D eigenvalue weighted by molar-refractivity contribution is 0.490. The van der Waals surface area contributed by atoms with Crippen molar-refractivity contribution < 1.29 is 12.8 Å². The number of rotatable bonds is 5. The lowest BCUT2D eigenvalue weighted by atomic mass is 10.1. The fourth-order valence-electron chi connectivity index (χ4n) is 3.05. The van der Waals surface area contributed by atoms with Crippen LogP contribution in [-0.2, 0) is 10.0 Å². The van der Waals surface area contributed by atoms with Crippen molar-refractivity contribution in [1.82, 2.24) is 18.8 Å². The number of hydrogen-bond acceptors (Lipinski definition) is 5. The summed E-state index contributed by atoms with van der Waals surface area (Å²) in [4.78, 5) is 8.45. The highest BCUT2D eigenvalue weighted by Gasteiger charge is 2.21. The van der Waals surface area contributed by atoms with E-state index in [4.69, 9.17) is 0 Å². The maximum atomic E-state index is 13.3. The number of benzene rings is 1. The minimum Gasteiger partial charge on any atom is -0.298 e. The second kappa shape index (κ2) is 7.68. The van der Waals surface area contributed by atoms with Crippen molar-refractivity contribution >= 4 is 21.9 Å². The fraction of sp³-hybridized carbons (Fsp3) is 0.0952. The summed E-state index contributed by atoms with van der Waals surface area (Å²) < 4.78 is 41.6. The summed E-state index contributed by atoms with van der Waals surface area (Å²) in [5.74, 6) is -0.493. The molecule has 0 saturated heterocycles. The molecule has 0 spiro atoms. The van der Waals surface area contributed by atoms with Gasteiger partial charge in [0.1, 0.15) is 11.5 Å². The van der Waals surface area contributed by atoms with Gasteiger partial charge in [-0.25, -0.2) is 9.37 Å². The van der Waals surface area contributed by atoms with E-state index >= 15 is 0 Å². The Kier molecular flexibility index (Phi) is 5.04. The average molecular weight is 423 g/mol. The lowest BCUT2D eigenvalue weighted by Gasteiger charge is -2.15. The van der Waals surface area contributed by atoms with Crippen molar-refractivity contribution in [1.29, 1.82) is 0 Å². The number of imidazole rings is 1. The van der Waals surface area contributed by atoms with Crippen LogP contribution in [0.5, 0.6) is 0 Å². The standard InChI is InChI=1S/C21H18FN5O2S/c1-15-10-18(22)6-7-20(15)30(28,29)26(2)25-13-19-12-24-21-8-5-17(14-27(19)21)16-4-3-9-23-11-16/h3-14H,1-2H3. The Bertz CT molecular complexity index is 1350. The van der Waals surface area contributed by atoms with Gasteiger partial charge in [0, 0.05) is 36.8 Å². The number of hydrazone groups is 1. The number of pyridine rings is 2. The van der Waals surface area contributed by atoms with Gasteiger partial charge in [0.25, 0.3) is 10.0 Å². The topological polar surface area (TPSA) is 79.9 Å². The Morgan fingerprint density at radius 1 is 1.13 bits per heavy atom. The van der Waals surface area contributed by atoms with Gasteiger partial charge in [0.15, 0.2) is 0 Å². The van der Waals surface area contributed by atoms with Gasteiger partial charge in [-0.2, -0.15) is 17.9 Å². The van der Waals surface area contributed by atoms with Gasteiger partial charge in [0.05, 0.1) is 23.0 Å². The molecular weight excluding hydrogens is 405 g/mol. The lowest BCUT2D eigenvalue weighted by Crippen LogP contribution is -2.23. The van der Waals surface area contributed by atoms with E-state index in [0.717, 1.165) is 21.6 Å². The van der Waals surface area contributed by atoms with E-state index in [2.05, 4.69) is 15.1 Å². The van der Waals surface area contributed by atoms with E-state index in [0.29, 0.717) is 16.9 Å². The number of hydrogen-bond donors (Lipinski definition) is 0. The second-order valence-corrected chi connectivity index (χ2v) is 8.58. The quantitative estimate of drug-likeness (QED) is 0.364. The molecule has 3 heterocycles. The molecule has 0 amide bonds. The van der Waals surface area contributed by atoms with Crippen molar-refractivity contribution in [3.05, 3.63) is 84.3 Å². The van der Waals surface area contributed by atoms with Gasteiger partial charge in [-0.3, -0.25) is 9.38 Å². The van der Waals surface area contributed by atoms with Crippen LogP contribution in [0.25, 0.3) is 16.8 Å². The number of halogens is 1. The van der Waals surface area contributed by atoms with E-state index < -0.39 is 15.8 Å². The number of aryl methyl sites for hydroxylation is 1. The molecule has 0 aliphatic carbocycles. The summed E-state index contributed by atoms with van der Waals surface area (Å²) in [5.41, 5.74) is 3.50. The molecule has 0 unspecified atom stereocenters. The minimum absolute atomic E-state index is 0.000515. The van der Waals surface area contributed by atoms with E-state index in [-0.39, 0.29) is 4.90 Å². The summed E-state index contributed by atoms with van der Waals surface area (Å²) >= 11 is 0. The SMILES string of the molecule is Cc1cc(F)ccc1S(=O)(=O)N(C)N=Cc1cnc2ccc(-c3cccnc3)cn12. The first kappa shape index (κ1) is 19.7. The van der Waals surface area contributed by atoms with E-state index in [1.807, 2.05) is 34.9 Å². The molecule has 9 heteroatoms. The molecule has 0 radical (unpaired) electrons. The first-order chi connectivity index (χ1) is 14.4. The molecule has 1 aromatic carbocycles. The zero-order chi connectivity index (χ0) is 21.3. The van der Waals surface area contributed by atoms with E-state index in [9.17, 15) is 12.8 Å². The number of fused-ring (bicyclic) bond motifs is 1. The molecule has 152 valence electrons. The molecule has 0 aliphatic rings. The van der Waals surface area contributed by atoms with Crippen molar-refractivity contribution in [3.8, 4) is 11.1 Å². The molecule has 0 fully saturated rings. The molecule has 0 bridgehead atoms. The Hall–Kier alpha value is -3.59. The monoisotopic (exact) mass is 423 g/mol. The molecule has 0 saturated carbocycles. The molecule has 0 N–H and O–H groups in total. The summed E-state index contributed by atoms with van der Waals surface area (Å²) in [5, 5.41) is 4.08. The van der Waals surface area contributed by atoms with Crippen LogP contribution in [0.4, 0.5) is 4.39 Å². The van der Waals surface area contributed by atoms with Crippen LogP contribution in [0, 0.1) is 12.7 Å². The Balaban J connectivity index is 1.66. The minimum atomic E-state index is -3.91. The normalized spacial score (nSPS) is 12.0. The third-order valence-corrected chi connectivity index (χ3v) is 6.45. The maximum Gasteiger partial charge on any atom is 0.279 e. The Morgan fingerprint density at radius 3 is 2.70 bits per heavy atom. The van der Waals surface area contributed by atoms with Gasteiger partial charge >= 0.3 is 0 Å². The van der Waals surface area contributed by atoms with Crippen LogP contribution in [0.15, 0.2) is 77.2 Å². The fourth-order valence-corrected chi connectivity index (χ4v) is 4.21. The molecular formula is C21H18FN5O2S. The van der Waals surface area contributed by atoms with Crippen molar-refractivity contribution in [2.45, 2.75) is 11.8 Å². The predicted molar refractivity (Wildman–Crippen MR) is 112 cm³/mol. The van der Waals surface area contributed by atoms with Gasteiger partial charge in [-0.1, -0.05) is 6.07 Å². The van der Waals surface area contributed by atoms with Crippen LogP contribution < -0.4 is 0 Å². The van der Waals surface area contributed by atoms with E-state index in [1.165, 1.54) is 32.3 Å². The molecule has 4 aromatic rings. The van der Waals surface area contributed by atoms with Crippen LogP contribution in [0.3, 0.4) is 0 Å². The molecule has 7 nitrogen and oxygen atoms in total. The smallest absolute Gasteiger partial charge is 0.279 e. The Morgan fingerprint density at radius 2 is 1.97 bits per heavy atom. The van der Waals surface area contributed by atoms with E-state index in [1.54, 1.807) is 18.6 Å². The van der Waals surface area contributed by atoms with Crippen LogP contribution in [0.2, 0.25) is 0 Å². The van der Waals surface area contributed by atoms with Gasteiger partial charge in [-0.15, -0.1) is 0 Å². The van der Waals surface area contributed by atoms with Crippen LogP contribution in [0.1, 0.15) is 11.3 Å². The summed E-state index contributed by atoms with van der Waals surface area (Å²) in [7, 11) is -2.58. The highest BCUT2D eigenvalue weighted by atomic mass is 32.2. The summed E-state index contributed by atoms with van der Waals surface area (Å²) in [6.07, 6.45) is 8.38. The Labute approximate surface area is 173 Å². The van der Waals surface area contributed by atoms with Crippen LogP contribution in [-0.4, -0.2) is 40.5 Å². The molecule has 0 atom stereocenters. The average Bonchev–Trinajstić information content (AvgIpc) is 3.14. The van der Waals surface area contributed by atoms with Crippen LogP contribution >= 0.6 is 0 Å². The summed E-state index contributed by atoms with van der Waals surface area (Å²) in [6.45, 7) is 1.54. The third kappa shape index (κ3) is 3.67. The van der Waals surface area contributed by atoms with Crippen molar-refractivity contribution in [3.63, 3.8) is 0 Å². The van der Waals surface area contributed by atoms with Crippen molar-refractivity contribution in [2.24, 2.45) is 5.10 Å².